The highest BCUT2D eigenvalue weighted by molar-refractivity contribution is 5.96. The minimum atomic E-state index is -5.02. The van der Waals surface area contributed by atoms with Crippen molar-refractivity contribution in [1.29, 1.82) is 0 Å². The predicted molar refractivity (Wildman–Crippen MR) is 88.2 cm³/mol. The van der Waals surface area contributed by atoms with Crippen molar-refractivity contribution in [2.45, 2.75) is 20.0 Å². The lowest BCUT2D eigenvalue weighted by Crippen LogP contribution is -2.30. The zero-order valence-electron chi connectivity index (χ0n) is 13.7. The topological polar surface area (TPSA) is 84.0 Å². The maximum absolute atomic E-state index is 12.5. The van der Waals surface area contributed by atoms with Crippen LogP contribution in [0.3, 0.4) is 0 Å². The van der Waals surface area contributed by atoms with E-state index in [9.17, 15) is 22.8 Å². The van der Waals surface area contributed by atoms with Crippen LogP contribution < -0.4 is 10.6 Å². The first-order valence-electron chi connectivity index (χ1n) is 7.26. The van der Waals surface area contributed by atoms with Crippen molar-refractivity contribution < 1.29 is 22.8 Å². The summed E-state index contributed by atoms with van der Waals surface area (Å²) in [5, 5.41) is 4.29. The van der Waals surface area contributed by atoms with Crippen LogP contribution >= 0.6 is 0 Å². The fraction of sp³-hybridized carbons (Fsp3) is 0.176. The second-order valence-electron chi connectivity index (χ2n) is 5.16. The van der Waals surface area contributed by atoms with Gasteiger partial charge in [0.05, 0.1) is 5.69 Å². The van der Waals surface area contributed by atoms with Crippen LogP contribution in [0.15, 0.2) is 30.6 Å². The average molecular weight is 362 g/mol. The molecule has 0 bridgehead atoms. The Hall–Kier alpha value is -3.41. The van der Waals surface area contributed by atoms with Crippen LogP contribution in [0.4, 0.5) is 24.7 Å². The highest BCUT2D eigenvalue weighted by atomic mass is 19.4. The molecule has 0 saturated heterocycles. The Morgan fingerprint density at radius 3 is 2.42 bits per heavy atom. The Morgan fingerprint density at radius 1 is 1.08 bits per heavy atom. The molecule has 2 rings (SSSR count). The maximum atomic E-state index is 12.5. The molecule has 9 heteroatoms. The van der Waals surface area contributed by atoms with E-state index in [1.165, 1.54) is 38.4 Å². The molecule has 2 aromatic rings. The molecule has 0 aliphatic carbocycles. The number of anilines is 2. The molecule has 0 atom stereocenters. The summed E-state index contributed by atoms with van der Waals surface area (Å²) in [5.41, 5.74) is 0.717. The molecule has 0 aromatic carbocycles. The Kier molecular flexibility index (Phi) is 5.57. The number of nitrogens with zero attached hydrogens (tertiary/aromatic N) is 2. The third-order valence-corrected chi connectivity index (χ3v) is 3.04. The van der Waals surface area contributed by atoms with Crippen LogP contribution in [0, 0.1) is 18.8 Å². The molecule has 2 aromatic heterocycles. The van der Waals surface area contributed by atoms with E-state index >= 15 is 0 Å². The van der Waals surface area contributed by atoms with E-state index in [2.05, 4.69) is 27.1 Å². The summed E-state index contributed by atoms with van der Waals surface area (Å²) in [5.74, 6) is 3.22. The number of aromatic nitrogens is 2. The van der Waals surface area contributed by atoms with Gasteiger partial charge in [-0.3, -0.25) is 9.59 Å². The summed E-state index contributed by atoms with van der Waals surface area (Å²) < 4.78 is 37.5. The highest BCUT2D eigenvalue weighted by Gasteiger charge is 2.39. The van der Waals surface area contributed by atoms with Gasteiger partial charge in [0.2, 0.25) is 5.91 Å². The first-order valence-corrected chi connectivity index (χ1v) is 7.26. The minimum absolute atomic E-state index is 0.0134. The molecule has 134 valence electrons. The Bertz CT molecular complexity index is 914. The molecule has 0 saturated carbocycles. The van der Waals surface area contributed by atoms with Crippen LogP contribution in [0.2, 0.25) is 0 Å². The van der Waals surface area contributed by atoms with Gasteiger partial charge in [0.25, 0.3) is 0 Å². The average Bonchev–Trinajstić information content (AvgIpc) is 2.54. The molecule has 0 fully saturated rings. The number of pyridine rings is 2. The SMILES string of the molecule is CC(=O)Nc1cc(C#Cc2nccc(C)c2NC(=O)C(F)(F)F)ccn1. The Balaban J connectivity index is 2.34. The number of hydrogen-bond donors (Lipinski definition) is 2. The van der Waals surface area contributed by atoms with Gasteiger partial charge in [-0.2, -0.15) is 13.2 Å². The zero-order chi connectivity index (χ0) is 19.3. The largest absolute Gasteiger partial charge is 0.471 e. The molecule has 6 nitrogen and oxygen atoms in total. The van der Waals surface area contributed by atoms with E-state index in [0.717, 1.165) is 0 Å². The van der Waals surface area contributed by atoms with Crippen molar-refractivity contribution in [2.75, 3.05) is 10.6 Å². The molecule has 0 spiro atoms. The summed E-state index contributed by atoms with van der Waals surface area (Å²) >= 11 is 0. The lowest BCUT2D eigenvalue weighted by Gasteiger charge is -2.11. The van der Waals surface area contributed by atoms with Gasteiger partial charge in [0, 0.05) is 24.9 Å². The van der Waals surface area contributed by atoms with E-state index in [1.54, 1.807) is 11.4 Å². The minimum Gasteiger partial charge on any atom is -0.316 e. The molecule has 2 amide bonds. The van der Waals surface area contributed by atoms with Gasteiger partial charge < -0.3 is 10.6 Å². The number of carbonyl (C=O) groups is 2. The predicted octanol–water partition coefficient (Wildman–Crippen LogP) is 2.64. The van der Waals surface area contributed by atoms with Crippen LogP contribution in [0.25, 0.3) is 0 Å². The first-order chi connectivity index (χ1) is 12.2. The lowest BCUT2D eigenvalue weighted by atomic mass is 10.1. The standard InChI is InChI=1S/C17H13F3N4O2/c1-10-5-7-21-13(15(10)24-16(26)17(18,19)20)4-3-12-6-8-22-14(9-12)23-11(2)25/h5-9H,1-2H3,(H,24,26)(H,22,23,25). The number of aryl methyl sites for hydroxylation is 1. The van der Waals surface area contributed by atoms with E-state index in [1.807, 2.05) is 0 Å². The van der Waals surface area contributed by atoms with Crippen molar-refractivity contribution in [2.24, 2.45) is 0 Å². The van der Waals surface area contributed by atoms with Gasteiger partial charge in [-0.25, -0.2) is 9.97 Å². The van der Waals surface area contributed by atoms with Gasteiger partial charge in [0.1, 0.15) is 11.5 Å². The normalized spacial score (nSPS) is 10.5. The second kappa shape index (κ2) is 7.65. The molecule has 0 aliphatic heterocycles. The summed E-state index contributed by atoms with van der Waals surface area (Å²) in [7, 11) is 0. The van der Waals surface area contributed by atoms with Crippen molar-refractivity contribution in [3.05, 3.63) is 47.4 Å². The number of rotatable bonds is 2. The smallest absolute Gasteiger partial charge is 0.316 e. The monoisotopic (exact) mass is 362 g/mol. The fourth-order valence-corrected chi connectivity index (χ4v) is 1.88. The first kappa shape index (κ1) is 18.9. The number of amides is 2. The molecule has 0 radical (unpaired) electrons. The van der Waals surface area contributed by atoms with Crippen LogP contribution in [-0.4, -0.2) is 28.0 Å². The summed E-state index contributed by atoms with van der Waals surface area (Å²) in [6.07, 6.45) is -2.23. The van der Waals surface area contributed by atoms with E-state index in [0.29, 0.717) is 11.1 Å². The van der Waals surface area contributed by atoms with Gasteiger partial charge in [0.15, 0.2) is 0 Å². The number of halogens is 3. The number of alkyl halides is 3. The molecule has 0 aliphatic rings. The molecule has 2 N–H and O–H groups in total. The Morgan fingerprint density at radius 2 is 1.77 bits per heavy atom. The number of carbonyl (C=O) groups excluding carboxylic acids is 2. The summed E-state index contributed by atoms with van der Waals surface area (Å²) in [4.78, 5) is 30.1. The number of nitrogens with one attached hydrogen (secondary N) is 2. The van der Waals surface area contributed by atoms with Crippen molar-refractivity contribution in [3.8, 4) is 11.8 Å². The van der Waals surface area contributed by atoms with Gasteiger partial charge in [-0.05, 0) is 36.6 Å². The van der Waals surface area contributed by atoms with Gasteiger partial charge in [-0.15, -0.1) is 0 Å². The van der Waals surface area contributed by atoms with E-state index in [-0.39, 0.29) is 23.1 Å². The van der Waals surface area contributed by atoms with Crippen LogP contribution in [-0.2, 0) is 9.59 Å². The molecule has 26 heavy (non-hydrogen) atoms. The van der Waals surface area contributed by atoms with Crippen LogP contribution in [0.5, 0.6) is 0 Å². The van der Waals surface area contributed by atoms with E-state index < -0.39 is 12.1 Å². The van der Waals surface area contributed by atoms with Gasteiger partial charge >= 0.3 is 12.1 Å². The van der Waals surface area contributed by atoms with Crippen molar-refractivity contribution in [1.82, 2.24) is 9.97 Å². The molecular weight excluding hydrogens is 349 g/mol. The fourth-order valence-electron chi connectivity index (χ4n) is 1.88. The summed E-state index contributed by atoms with van der Waals surface area (Å²) in [6.45, 7) is 2.85. The van der Waals surface area contributed by atoms with Gasteiger partial charge in [-0.1, -0.05) is 5.92 Å². The third kappa shape index (κ3) is 5.04. The molecule has 0 unspecified atom stereocenters. The van der Waals surface area contributed by atoms with Crippen molar-refractivity contribution >= 4 is 23.3 Å². The van der Waals surface area contributed by atoms with E-state index in [4.69, 9.17) is 0 Å². The summed E-state index contributed by atoms with van der Waals surface area (Å²) in [6, 6.07) is 4.51. The number of hydrogen-bond acceptors (Lipinski definition) is 4. The Labute approximate surface area is 146 Å². The quantitative estimate of drug-likeness (QED) is 0.805. The molecule has 2 heterocycles. The highest BCUT2D eigenvalue weighted by Crippen LogP contribution is 2.22. The maximum Gasteiger partial charge on any atom is 0.471 e. The van der Waals surface area contributed by atoms with Crippen LogP contribution in [0.1, 0.15) is 23.7 Å². The third-order valence-electron chi connectivity index (χ3n) is 3.04. The lowest BCUT2D eigenvalue weighted by molar-refractivity contribution is -0.167. The van der Waals surface area contributed by atoms with Crippen molar-refractivity contribution in [3.63, 3.8) is 0 Å². The zero-order valence-corrected chi connectivity index (χ0v) is 13.7. The molecular formula is C17H13F3N4O2. The second-order valence-corrected chi connectivity index (χ2v) is 5.16.